The van der Waals surface area contributed by atoms with Crippen molar-refractivity contribution in [3.8, 4) is 0 Å². The summed E-state index contributed by atoms with van der Waals surface area (Å²) >= 11 is 0.881. The molecule has 3 N–H and O–H groups in total. The molecule has 2 aromatic rings. The molecule has 0 aliphatic rings. The Balaban J connectivity index is 1.88. The van der Waals surface area contributed by atoms with E-state index in [2.05, 4.69) is 25.3 Å². The molecule has 0 aliphatic heterocycles. The van der Waals surface area contributed by atoms with E-state index < -0.39 is 21.9 Å². The lowest BCUT2D eigenvalue weighted by atomic mass is 10.2. The zero-order valence-electron chi connectivity index (χ0n) is 15.9. The molecule has 0 unspecified atom stereocenters. The van der Waals surface area contributed by atoms with Crippen molar-refractivity contribution in [2.75, 3.05) is 19.6 Å². The molecule has 7 nitrogen and oxygen atoms in total. The number of aryl methyl sites for hydroxylation is 1. The number of aliphatic imine (C=N–C) groups is 1. The van der Waals surface area contributed by atoms with Crippen LogP contribution in [0.3, 0.4) is 0 Å². The number of thiazole rings is 1. The minimum absolute atomic E-state index is 0.0226. The van der Waals surface area contributed by atoms with Gasteiger partial charge < -0.3 is 10.6 Å². The van der Waals surface area contributed by atoms with Crippen LogP contribution >= 0.6 is 11.3 Å². The number of hydrogen-bond donors (Lipinski definition) is 3. The topological polar surface area (TPSA) is 95.5 Å². The molecule has 0 saturated carbocycles. The first-order chi connectivity index (χ1) is 13.6. The Kier molecular flexibility index (Phi) is 7.99. The zero-order valence-corrected chi connectivity index (χ0v) is 17.5. The number of guanidine groups is 1. The average molecular weight is 450 g/mol. The van der Waals surface area contributed by atoms with Crippen molar-refractivity contribution in [3.63, 3.8) is 0 Å². The molecule has 0 fully saturated rings. The van der Waals surface area contributed by atoms with E-state index in [9.17, 15) is 21.6 Å². The van der Waals surface area contributed by atoms with Crippen LogP contribution in [0.15, 0.2) is 39.5 Å². The molecule has 0 radical (unpaired) electrons. The molecule has 1 aromatic heterocycles. The van der Waals surface area contributed by atoms with Crippen molar-refractivity contribution in [2.24, 2.45) is 4.99 Å². The lowest BCUT2D eigenvalue weighted by molar-refractivity contribution is -0.140. The van der Waals surface area contributed by atoms with Crippen molar-refractivity contribution in [2.45, 2.75) is 31.5 Å². The first-order valence-electron chi connectivity index (χ1n) is 8.72. The standard InChI is InChI=1S/C17H22F3N5O2S2/c1-3-21-16(23-10-15-25-14(11-28-15)17(18,19)20)22-8-9-24-29(26,27)13-6-4-12(2)5-7-13/h4-7,11,24H,3,8-10H2,1-2H3,(H2,21,22,23). The number of alkyl halides is 3. The summed E-state index contributed by atoms with van der Waals surface area (Å²) in [4.78, 5) is 7.87. The zero-order chi connectivity index (χ0) is 21.5. The molecule has 0 bridgehead atoms. The van der Waals surface area contributed by atoms with Gasteiger partial charge in [-0.15, -0.1) is 11.3 Å². The third-order valence-corrected chi connectivity index (χ3v) is 5.91. The Bertz CT molecular complexity index is 925. The third kappa shape index (κ3) is 7.29. The monoisotopic (exact) mass is 449 g/mol. The minimum Gasteiger partial charge on any atom is -0.357 e. The second-order valence-electron chi connectivity index (χ2n) is 5.96. The van der Waals surface area contributed by atoms with Crippen LogP contribution in [-0.4, -0.2) is 39.0 Å². The summed E-state index contributed by atoms with van der Waals surface area (Å²) in [7, 11) is -3.62. The van der Waals surface area contributed by atoms with E-state index in [1.807, 2.05) is 13.8 Å². The smallest absolute Gasteiger partial charge is 0.357 e. The molecule has 0 saturated heterocycles. The lowest BCUT2D eigenvalue weighted by Gasteiger charge is -2.12. The number of halogens is 3. The van der Waals surface area contributed by atoms with E-state index in [1.54, 1.807) is 12.1 Å². The quantitative estimate of drug-likeness (QED) is 0.327. The Labute approximate surface area is 171 Å². The van der Waals surface area contributed by atoms with E-state index >= 15 is 0 Å². The number of benzene rings is 1. The van der Waals surface area contributed by atoms with E-state index in [1.165, 1.54) is 12.1 Å². The van der Waals surface area contributed by atoms with Crippen LogP contribution in [0.25, 0.3) is 0 Å². The number of rotatable bonds is 8. The molecule has 0 atom stereocenters. The number of sulfonamides is 1. The molecule has 2 rings (SSSR count). The van der Waals surface area contributed by atoms with Gasteiger partial charge in [-0.25, -0.2) is 23.1 Å². The number of hydrogen-bond acceptors (Lipinski definition) is 5. The fourth-order valence-electron chi connectivity index (χ4n) is 2.17. The van der Waals surface area contributed by atoms with Gasteiger partial charge in [-0.05, 0) is 26.0 Å². The predicted octanol–water partition coefficient (Wildman–Crippen LogP) is 2.50. The van der Waals surface area contributed by atoms with E-state index in [-0.39, 0.29) is 29.5 Å². The molecule has 0 spiro atoms. The van der Waals surface area contributed by atoms with Crippen molar-refractivity contribution in [3.05, 3.63) is 45.9 Å². The summed E-state index contributed by atoms with van der Waals surface area (Å²) < 4.78 is 64.7. The van der Waals surface area contributed by atoms with E-state index in [4.69, 9.17) is 0 Å². The van der Waals surface area contributed by atoms with Gasteiger partial charge in [0.15, 0.2) is 11.7 Å². The van der Waals surface area contributed by atoms with Crippen molar-refractivity contribution >= 4 is 27.3 Å². The average Bonchev–Trinajstić information content (AvgIpc) is 3.13. The van der Waals surface area contributed by atoms with Gasteiger partial charge in [0.05, 0.1) is 11.4 Å². The fraction of sp³-hybridized carbons (Fsp3) is 0.412. The Morgan fingerprint density at radius 1 is 1.17 bits per heavy atom. The molecule has 0 amide bonds. The van der Waals surface area contributed by atoms with Crippen molar-refractivity contribution < 1.29 is 21.6 Å². The van der Waals surface area contributed by atoms with Crippen molar-refractivity contribution in [1.29, 1.82) is 0 Å². The maximum atomic E-state index is 12.6. The molecule has 29 heavy (non-hydrogen) atoms. The molecule has 1 heterocycles. The van der Waals surface area contributed by atoms with Crippen LogP contribution in [0.2, 0.25) is 0 Å². The van der Waals surface area contributed by atoms with Gasteiger partial charge in [-0.2, -0.15) is 13.2 Å². The first kappa shape index (κ1) is 23.1. The highest BCUT2D eigenvalue weighted by atomic mass is 32.2. The van der Waals surface area contributed by atoms with E-state index in [0.717, 1.165) is 22.3 Å². The summed E-state index contributed by atoms with van der Waals surface area (Å²) in [5.41, 5.74) is 0.0240. The Morgan fingerprint density at radius 3 is 2.45 bits per heavy atom. The summed E-state index contributed by atoms with van der Waals surface area (Å²) in [6, 6.07) is 6.48. The lowest BCUT2D eigenvalue weighted by Crippen LogP contribution is -2.41. The first-order valence-corrected chi connectivity index (χ1v) is 11.1. The van der Waals surface area contributed by atoms with Crippen molar-refractivity contribution in [1.82, 2.24) is 20.3 Å². The highest BCUT2D eigenvalue weighted by Crippen LogP contribution is 2.30. The largest absolute Gasteiger partial charge is 0.434 e. The Hall–Kier alpha value is -2.18. The second-order valence-corrected chi connectivity index (χ2v) is 8.67. The maximum Gasteiger partial charge on any atom is 0.434 e. The van der Waals surface area contributed by atoms with Gasteiger partial charge >= 0.3 is 6.18 Å². The van der Waals surface area contributed by atoms with Gasteiger partial charge in [-0.1, -0.05) is 17.7 Å². The maximum absolute atomic E-state index is 12.6. The summed E-state index contributed by atoms with van der Waals surface area (Å²) in [5, 5.41) is 7.05. The Morgan fingerprint density at radius 2 is 1.86 bits per heavy atom. The second kappa shape index (κ2) is 10.0. The van der Waals surface area contributed by atoms with Crippen LogP contribution in [0.1, 0.15) is 23.2 Å². The molecule has 0 aliphatic carbocycles. The van der Waals surface area contributed by atoms with Gasteiger partial charge in [0.25, 0.3) is 0 Å². The third-order valence-electron chi connectivity index (χ3n) is 3.60. The van der Waals surface area contributed by atoms with Crippen LogP contribution in [0.5, 0.6) is 0 Å². The summed E-state index contributed by atoms with van der Waals surface area (Å²) in [6.45, 7) is 4.56. The minimum atomic E-state index is -4.48. The number of nitrogens with zero attached hydrogens (tertiary/aromatic N) is 2. The van der Waals surface area contributed by atoms with Crippen LogP contribution in [-0.2, 0) is 22.7 Å². The van der Waals surface area contributed by atoms with Gasteiger partial charge in [0, 0.05) is 25.0 Å². The highest BCUT2D eigenvalue weighted by Gasteiger charge is 2.33. The molecule has 160 valence electrons. The van der Waals surface area contributed by atoms with Crippen LogP contribution in [0, 0.1) is 6.92 Å². The fourth-order valence-corrected chi connectivity index (χ4v) is 3.93. The van der Waals surface area contributed by atoms with E-state index in [0.29, 0.717) is 12.5 Å². The number of nitrogens with one attached hydrogen (secondary N) is 3. The van der Waals surface area contributed by atoms with Gasteiger partial charge in [0.1, 0.15) is 5.01 Å². The highest BCUT2D eigenvalue weighted by molar-refractivity contribution is 7.89. The normalized spacial score (nSPS) is 12.8. The summed E-state index contributed by atoms with van der Waals surface area (Å²) in [6.07, 6.45) is -4.48. The predicted molar refractivity (Wildman–Crippen MR) is 106 cm³/mol. The molecule has 1 aromatic carbocycles. The molecular weight excluding hydrogens is 427 g/mol. The van der Waals surface area contributed by atoms with Gasteiger partial charge in [-0.3, -0.25) is 0 Å². The molecular formula is C17H22F3N5O2S2. The van der Waals surface area contributed by atoms with Crippen LogP contribution < -0.4 is 15.4 Å². The van der Waals surface area contributed by atoms with Gasteiger partial charge in [0.2, 0.25) is 10.0 Å². The summed E-state index contributed by atoms with van der Waals surface area (Å²) in [5.74, 6) is 0.353. The molecule has 12 heteroatoms. The number of aromatic nitrogens is 1. The van der Waals surface area contributed by atoms with Crippen LogP contribution in [0.4, 0.5) is 13.2 Å². The SMILES string of the molecule is CCNC(=NCc1nc(C(F)(F)F)cs1)NCCNS(=O)(=O)c1ccc(C)cc1.